The highest BCUT2D eigenvalue weighted by atomic mass is 32.1. The summed E-state index contributed by atoms with van der Waals surface area (Å²) in [4.78, 5) is 30.8. The zero-order valence-electron chi connectivity index (χ0n) is 13.7. The van der Waals surface area contributed by atoms with Crippen molar-refractivity contribution in [3.63, 3.8) is 0 Å². The van der Waals surface area contributed by atoms with E-state index < -0.39 is 0 Å². The van der Waals surface area contributed by atoms with Crippen molar-refractivity contribution in [2.75, 3.05) is 18.4 Å². The molecule has 0 aliphatic carbocycles. The summed E-state index contributed by atoms with van der Waals surface area (Å²) in [5.74, 6) is -0.0657. The zero-order chi connectivity index (χ0) is 16.9. The number of aromatic nitrogens is 1. The number of hydrogen-bond acceptors (Lipinski definition) is 5. The second-order valence-corrected chi connectivity index (χ2v) is 7.17. The molecule has 1 aromatic heterocycles. The molecule has 5 nitrogen and oxygen atoms in total. The molecular formula is C18H21N3O2S. The first-order chi connectivity index (χ1) is 11.6. The second kappa shape index (κ2) is 7.68. The Morgan fingerprint density at radius 3 is 2.83 bits per heavy atom. The molecule has 1 saturated heterocycles. The van der Waals surface area contributed by atoms with Gasteiger partial charge in [0.25, 0.3) is 0 Å². The summed E-state index contributed by atoms with van der Waals surface area (Å²) in [7, 11) is 0. The number of nitrogens with zero attached hydrogens (tertiary/aromatic N) is 2. The van der Waals surface area contributed by atoms with Gasteiger partial charge in [0.05, 0.1) is 17.0 Å². The van der Waals surface area contributed by atoms with Crippen LogP contribution in [0.15, 0.2) is 36.5 Å². The molecule has 0 spiro atoms. The van der Waals surface area contributed by atoms with Crippen LogP contribution < -0.4 is 5.32 Å². The fraction of sp³-hybridized carbons (Fsp3) is 0.389. The first-order valence-corrected chi connectivity index (χ1v) is 8.97. The van der Waals surface area contributed by atoms with E-state index in [1.54, 1.807) is 0 Å². The Morgan fingerprint density at radius 2 is 2.12 bits per heavy atom. The summed E-state index contributed by atoms with van der Waals surface area (Å²) in [6, 6.07) is 10.3. The highest BCUT2D eigenvalue weighted by Crippen LogP contribution is 2.23. The van der Waals surface area contributed by atoms with Crippen LogP contribution in [0.4, 0.5) is 5.13 Å². The Labute approximate surface area is 145 Å². The number of ketones is 1. The smallest absolute Gasteiger partial charge is 0.230 e. The lowest BCUT2D eigenvalue weighted by Crippen LogP contribution is -2.40. The number of amides is 1. The third-order valence-electron chi connectivity index (χ3n) is 4.21. The van der Waals surface area contributed by atoms with E-state index >= 15 is 0 Å². The molecule has 1 aliphatic rings. The van der Waals surface area contributed by atoms with Crippen LogP contribution in [-0.4, -0.2) is 34.7 Å². The third-order valence-corrected chi connectivity index (χ3v) is 5.22. The van der Waals surface area contributed by atoms with E-state index in [-0.39, 0.29) is 17.6 Å². The van der Waals surface area contributed by atoms with E-state index in [0.29, 0.717) is 10.0 Å². The van der Waals surface area contributed by atoms with E-state index in [1.165, 1.54) is 30.0 Å². The van der Waals surface area contributed by atoms with Crippen LogP contribution in [0.25, 0.3) is 0 Å². The van der Waals surface area contributed by atoms with Crippen LogP contribution in [0.2, 0.25) is 0 Å². The van der Waals surface area contributed by atoms with Gasteiger partial charge in [-0.3, -0.25) is 14.5 Å². The van der Waals surface area contributed by atoms with Crippen LogP contribution in [0.3, 0.4) is 0 Å². The van der Waals surface area contributed by atoms with E-state index in [1.807, 2.05) is 18.2 Å². The van der Waals surface area contributed by atoms with Crippen LogP contribution in [0, 0.1) is 5.92 Å². The SMILES string of the molecule is CC(=O)c1cnc(NC(=O)[C@H]2CCCN(Cc3ccccc3)C2)s1. The van der Waals surface area contributed by atoms with Gasteiger partial charge in [-0.15, -0.1) is 0 Å². The zero-order valence-corrected chi connectivity index (χ0v) is 14.5. The van der Waals surface area contributed by atoms with E-state index in [9.17, 15) is 9.59 Å². The van der Waals surface area contributed by atoms with Crippen molar-refractivity contribution in [3.8, 4) is 0 Å². The maximum atomic E-state index is 12.5. The number of carbonyl (C=O) groups excluding carboxylic acids is 2. The molecule has 2 aromatic rings. The summed E-state index contributed by atoms with van der Waals surface area (Å²) in [6.07, 6.45) is 3.43. The molecule has 1 aliphatic heterocycles. The molecule has 0 saturated carbocycles. The summed E-state index contributed by atoms with van der Waals surface area (Å²) in [5.41, 5.74) is 1.27. The summed E-state index contributed by atoms with van der Waals surface area (Å²) >= 11 is 1.23. The highest BCUT2D eigenvalue weighted by Gasteiger charge is 2.26. The number of anilines is 1. The van der Waals surface area contributed by atoms with Crippen molar-refractivity contribution in [3.05, 3.63) is 47.0 Å². The summed E-state index contributed by atoms with van der Waals surface area (Å²) < 4.78 is 0. The van der Waals surface area contributed by atoms with Crippen molar-refractivity contribution in [2.24, 2.45) is 5.92 Å². The lowest BCUT2D eigenvalue weighted by molar-refractivity contribution is -0.121. The van der Waals surface area contributed by atoms with Gasteiger partial charge in [-0.2, -0.15) is 0 Å². The minimum Gasteiger partial charge on any atom is -0.302 e. The van der Waals surface area contributed by atoms with Crippen molar-refractivity contribution in [1.82, 2.24) is 9.88 Å². The molecule has 1 amide bonds. The summed E-state index contributed by atoms with van der Waals surface area (Å²) in [6.45, 7) is 4.15. The molecule has 1 fully saturated rings. The molecule has 2 heterocycles. The number of nitrogens with one attached hydrogen (secondary N) is 1. The second-order valence-electron chi connectivity index (χ2n) is 6.13. The van der Waals surface area contributed by atoms with Gasteiger partial charge in [-0.25, -0.2) is 4.98 Å². The first-order valence-electron chi connectivity index (χ1n) is 8.16. The number of rotatable bonds is 5. The fourth-order valence-electron chi connectivity index (χ4n) is 2.96. The summed E-state index contributed by atoms with van der Waals surface area (Å²) in [5, 5.41) is 3.37. The van der Waals surface area contributed by atoms with Gasteiger partial charge < -0.3 is 5.32 Å². The maximum Gasteiger partial charge on any atom is 0.230 e. The Balaban J connectivity index is 1.57. The van der Waals surface area contributed by atoms with E-state index in [4.69, 9.17) is 0 Å². The van der Waals surface area contributed by atoms with Crippen molar-refractivity contribution < 1.29 is 9.59 Å². The largest absolute Gasteiger partial charge is 0.302 e. The number of benzene rings is 1. The number of piperidine rings is 1. The number of Topliss-reactive ketones (excluding diaryl/α,β-unsaturated/α-hetero) is 1. The Kier molecular flexibility index (Phi) is 5.37. The van der Waals surface area contributed by atoms with Gasteiger partial charge in [0.1, 0.15) is 0 Å². The van der Waals surface area contributed by atoms with Crippen LogP contribution in [-0.2, 0) is 11.3 Å². The number of carbonyl (C=O) groups is 2. The van der Waals surface area contributed by atoms with Gasteiger partial charge in [-0.05, 0) is 24.9 Å². The quantitative estimate of drug-likeness (QED) is 0.847. The van der Waals surface area contributed by atoms with Crippen molar-refractivity contribution in [2.45, 2.75) is 26.3 Å². The molecule has 1 atom stereocenters. The highest BCUT2D eigenvalue weighted by molar-refractivity contribution is 7.17. The molecule has 3 rings (SSSR count). The van der Waals surface area contributed by atoms with Crippen molar-refractivity contribution in [1.29, 1.82) is 0 Å². The standard InChI is InChI=1S/C18H21N3O2S/c1-13(22)16-10-19-18(24-16)20-17(23)15-8-5-9-21(12-15)11-14-6-3-2-4-7-14/h2-4,6-7,10,15H,5,8-9,11-12H2,1H3,(H,19,20,23)/t15-/m0/s1. The first kappa shape index (κ1) is 16.8. The predicted molar refractivity (Wildman–Crippen MR) is 95.2 cm³/mol. The average molecular weight is 343 g/mol. The van der Waals surface area contributed by atoms with Crippen LogP contribution in [0.1, 0.15) is 35.0 Å². The fourth-order valence-corrected chi connectivity index (χ4v) is 3.67. The monoisotopic (exact) mass is 343 g/mol. The molecule has 0 bridgehead atoms. The Hall–Kier alpha value is -2.05. The lowest BCUT2D eigenvalue weighted by atomic mass is 9.97. The van der Waals surface area contributed by atoms with Gasteiger partial charge >= 0.3 is 0 Å². The van der Waals surface area contributed by atoms with Crippen LogP contribution in [0.5, 0.6) is 0 Å². The van der Waals surface area contributed by atoms with Crippen LogP contribution >= 0.6 is 11.3 Å². The topological polar surface area (TPSA) is 62.3 Å². The number of hydrogen-bond donors (Lipinski definition) is 1. The maximum absolute atomic E-state index is 12.5. The molecule has 6 heteroatoms. The minimum absolute atomic E-state index is 0.00258. The molecule has 0 unspecified atom stereocenters. The van der Waals surface area contributed by atoms with Gasteiger partial charge in [0.15, 0.2) is 10.9 Å². The minimum atomic E-state index is -0.0351. The normalized spacial score (nSPS) is 18.3. The molecule has 126 valence electrons. The predicted octanol–water partition coefficient (Wildman–Crippen LogP) is 3.20. The van der Waals surface area contributed by atoms with Crippen molar-refractivity contribution >= 4 is 28.2 Å². The van der Waals surface area contributed by atoms with E-state index in [0.717, 1.165) is 32.5 Å². The Morgan fingerprint density at radius 1 is 1.33 bits per heavy atom. The van der Waals surface area contributed by atoms with Gasteiger partial charge in [0.2, 0.25) is 5.91 Å². The molecule has 1 N–H and O–H groups in total. The number of thiazole rings is 1. The lowest BCUT2D eigenvalue weighted by Gasteiger charge is -2.31. The van der Waals surface area contributed by atoms with Gasteiger partial charge in [-0.1, -0.05) is 41.7 Å². The molecule has 24 heavy (non-hydrogen) atoms. The van der Waals surface area contributed by atoms with E-state index in [2.05, 4.69) is 27.3 Å². The van der Waals surface area contributed by atoms with Gasteiger partial charge in [0, 0.05) is 20.0 Å². The Bertz CT molecular complexity index is 714. The molecular weight excluding hydrogens is 322 g/mol. The number of likely N-dealkylation sites (tertiary alicyclic amines) is 1. The molecule has 1 aromatic carbocycles. The molecule has 0 radical (unpaired) electrons. The average Bonchev–Trinajstić information content (AvgIpc) is 3.05. The third kappa shape index (κ3) is 4.27.